The Morgan fingerprint density at radius 1 is 1.10 bits per heavy atom. The van der Waals surface area contributed by atoms with Crippen LogP contribution in [0.15, 0.2) is 42.6 Å². The molecule has 1 aromatic heterocycles. The maximum atomic E-state index is 12.9. The summed E-state index contributed by atoms with van der Waals surface area (Å²) < 4.78 is 12.9. The standard InChI is InChI=1S/C21H27FN6O2/c1-3-27(4-2)19-10-9-17(13-23-19)26-21(30)28-12-11-18(14-28)25-20(29)24-16-7-5-15(22)6-8-16/h5-10,13,18H,3-4,11-12,14H2,1-2H3,(H,26,30)(H2,24,25,29)/t18-/m0/s1. The van der Waals surface area contributed by atoms with Crippen molar-refractivity contribution in [1.82, 2.24) is 15.2 Å². The highest BCUT2D eigenvalue weighted by Crippen LogP contribution is 2.16. The summed E-state index contributed by atoms with van der Waals surface area (Å²) in [5.74, 6) is 0.506. The first-order chi connectivity index (χ1) is 14.5. The van der Waals surface area contributed by atoms with Gasteiger partial charge in [0.1, 0.15) is 11.6 Å². The monoisotopic (exact) mass is 414 g/mol. The average Bonchev–Trinajstić information content (AvgIpc) is 3.20. The van der Waals surface area contributed by atoms with E-state index < -0.39 is 0 Å². The van der Waals surface area contributed by atoms with Crippen LogP contribution in [0.2, 0.25) is 0 Å². The van der Waals surface area contributed by atoms with Crippen molar-refractivity contribution in [2.45, 2.75) is 26.3 Å². The van der Waals surface area contributed by atoms with Gasteiger partial charge in [0.05, 0.1) is 11.9 Å². The fourth-order valence-electron chi connectivity index (χ4n) is 3.35. The van der Waals surface area contributed by atoms with Crippen LogP contribution in [0.1, 0.15) is 20.3 Å². The number of halogens is 1. The van der Waals surface area contributed by atoms with Gasteiger partial charge in [0, 0.05) is 37.9 Å². The minimum Gasteiger partial charge on any atom is -0.357 e. The second kappa shape index (κ2) is 9.91. The van der Waals surface area contributed by atoms with E-state index in [2.05, 4.69) is 39.7 Å². The molecule has 1 aliphatic rings. The lowest BCUT2D eigenvalue weighted by molar-refractivity contribution is 0.220. The lowest BCUT2D eigenvalue weighted by Gasteiger charge is -2.20. The number of anilines is 3. The van der Waals surface area contributed by atoms with Gasteiger partial charge in [-0.2, -0.15) is 0 Å². The van der Waals surface area contributed by atoms with Crippen molar-refractivity contribution in [3.8, 4) is 0 Å². The Labute approximate surface area is 175 Å². The molecule has 160 valence electrons. The van der Waals surface area contributed by atoms with Gasteiger partial charge in [-0.05, 0) is 56.7 Å². The Morgan fingerprint density at radius 3 is 2.43 bits per heavy atom. The van der Waals surface area contributed by atoms with E-state index in [9.17, 15) is 14.0 Å². The molecule has 0 saturated carbocycles. The van der Waals surface area contributed by atoms with Gasteiger partial charge in [-0.3, -0.25) is 0 Å². The molecule has 2 aromatic rings. The summed E-state index contributed by atoms with van der Waals surface area (Å²) in [5.41, 5.74) is 1.13. The first kappa shape index (κ1) is 21.4. The Balaban J connectivity index is 1.47. The topological polar surface area (TPSA) is 89.6 Å². The molecule has 1 aliphatic heterocycles. The Hall–Kier alpha value is -3.36. The number of likely N-dealkylation sites (tertiary alicyclic amines) is 1. The highest BCUT2D eigenvalue weighted by molar-refractivity contribution is 5.90. The molecule has 2 heterocycles. The number of aromatic nitrogens is 1. The van der Waals surface area contributed by atoms with Crippen LogP contribution in [-0.2, 0) is 0 Å². The van der Waals surface area contributed by atoms with Gasteiger partial charge in [0.2, 0.25) is 0 Å². The van der Waals surface area contributed by atoms with E-state index in [1.165, 1.54) is 24.3 Å². The fourth-order valence-corrected chi connectivity index (χ4v) is 3.35. The van der Waals surface area contributed by atoms with Crippen LogP contribution in [0.4, 0.5) is 31.2 Å². The van der Waals surface area contributed by atoms with Crippen LogP contribution in [0.3, 0.4) is 0 Å². The molecular formula is C21H27FN6O2. The van der Waals surface area contributed by atoms with Crippen molar-refractivity contribution in [2.24, 2.45) is 0 Å². The molecule has 9 heteroatoms. The molecule has 3 rings (SSSR count). The highest BCUT2D eigenvalue weighted by atomic mass is 19.1. The fraction of sp³-hybridized carbons (Fsp3) is 0.381. The molecule has 8 nitrogen and oxygen atoms in total. The van der Waals surface area contributed by atoms with E-state index in [1.807, 2.05) is 12.1 Å². The number of hydrogen-bond acceptors (Lipinski definition) is 4. The second-order valence-electron chi connectivity index (χ2n) is 7.04. The molecule has 1 fully saturated rings. The number of nitrogens with one attached hydrogen (secondary N) is 3. The summed E-state index contributed by atoms with van der Waals surface area (Å²) in [6, 6.07) is 8.49. The summed E-state index contributed by atoms with van der Waals surface area (Å²) in [5, 5.41) is 8.34. The molecule has 1 saturated heterocycles. The maximum absolute atomic E-state index is 12.9. The van der Waals surface area contributed by atoms with Crippen LogP contribution in [0, 0.1) is 5.82 Å². The molecule has 0 spiro atoms. The van der Waals surface area contributed by atoms with E-state index >= 15 is 0 Å². The molecule has 1 aromatic carbocycles. The van der Waals surface area contributed by atoms with Crippen molar-refractivity contribution in [3.05, 3.63) is 48.4 Å². The van der Waals surface area contributed by atoms with E-state index in [0.717, 1.165) is 18.9 Å². The summed E-state index contributed by atoms with van der Waals surface area (Å²) in [6.45, 7) is 6.82. The number of nitrogens with zero attached hydrogens (tertiary/aromatic N) is 3. The normalized spacial score (nSPS) is 15.6. The molecule has 3 N–H and O–H groups in total. The van der Waals surface area contributed by atoms with Gasteiger partial charge >= 0.3 is 12.1 Å². The molecular weight excluding hydrogens is 387 g/mol. The number of rotatable bonds is 6. The first-order valence-electron chi connectivity index (χ1n) is 10.1. The molecule has 1 atom stereocenters. The number of carbonyl (C=O) groups is 2. The van der Waals surface area contributed by atoms with E-state index in [1.54, 1.807) is 11.1 Å². The largest absolute Gasteiger partial charge is 0.357 e. The summed E-state index contributed by atoms with van der Waals surface area (Å²) in [7, 11) is 0. The van der Waals surface area contributed by atoms with Crippen molar-refractivity contribution >= 4 is 29.3 Å². The van der Waals surface area contributed by atoms with Gasteiger partial charge < -0.3 is 25.8 Å². The van der Waals surface area contributed by atoms with E-state index in [0.29, 0.717) is 30.9 Å². The van der Waals surface area contributed by atoms with Gasteiger partial charge in [0.15, 0.2) is 0 Å². The predicted octanol–water partition coefficient (Wildman–Crippen LogP) is 3.49. The average molecular weight is 414 g/mol. The number of carbonyl (C=O) groups excluding carboxylic acids is 2. The van der Waals surface area contributed by atoms with Crippen molar-refractivity contribution < 1.29 is 14.0 Å². The smallest absolute Gasteiger partial charge is 0.321 e. The SMILES string of the molecule is CCN(CC)c1ccc(NC(=O)N2CC[C@H](NC(=O)Nc3ccc(F)cc3)C2)cn1. The molecule has 0 bridgehead atoms. The van der Waals surface area contributed by atoms with Crippen LogP contribution in [-0.4, -0.2) is 54.2 Å². The zero-order valence-corrected chi connectivity index (χ0v) is 17.2. The molecule has 4 amide bonds. The third-order valence-corrected chi connectivity index (χ3v) is 5.00. The van der Waals surface area contributed by atoms with Gasteiger partial charge in [-0.15, -0.1) is 0 Å². The summed E-state index contributed by atoms with van der Waals surface area (Å²) in [4.78, 5) is 32.8. The zero-order valence-electron chi connectivity index (χ0n) is 17.2. The van der Waals surface area contributed by atoms with Gasteiger partial charge in [0.25, 0.3) is 0 Å². The second-order valence-corrected chi connectivity index (χ2v) is 7.04. The number of benzene rings is 1. The van der Waals surface area contributed by atoms with Crippen LogP contribution >= 0.6 is 0 Å². The van der Waals surface area contributed by atoms with Gasteiger partial charge in [-0.25, -0.2) is 19.0 Å². The van der Waals surface area contributed by atoms with Crippen LogP contribution in [0.5, 0.6) is 0 Å². The molecule has 0 aliphatic carbocycles. The predicted molar refractivity (Wildman–Crippen MR) is 115 cm³/mol. The summed E-state index contributed by atoms with van der Waals surface area (Å²) in [6.07, 6.45) is 2.30. The lowest BCUT2D eigenvalue weighted by atomic mass is 10.3. The van der Waals surface area contributed by atoms with E-state index in [4.69, 9.17) is 0 Å². The Morgan fingerprint density at radius 2 is 1.80 bits per heavy atom. The minimum atomic E-state index is -0.384. The highest BCUT2D eigenvalue weighted by Gasteiger charge is 2.27. The number of amides is 4. The quantitative estimate of drug-likeness (QED) is 0.675. The minimum absolute atomic E-state index is 0.153. The third-order valence-electron chi connectivity index (χ3n) is 5.00. The molecule has 0 radical (unpaired) electrons. The van der Waals surface area contributed by atoms with Gasteiger partial charge in [-0.1, -0.05) is 0 Å². The maximum Gasteiger partial charge on any atom is 0.321 e. The Kier molecular flexibility index (Phi) is 7.05. The molecule has 30 heavy (non-hydrogen) atoms. The zero-order chi connectivity index (χ0) is 21.5. The number of hydrogen-bond donors (Lipinski definition) is 3. The number of urea groups is 2. The number of pyridine rings is 1. The summed E-state index contributed by atoms with van der Waals surface area (Å²) >= 11 is 0. The first-order valence-corrected chi connectivity index (χ1v) is 10.1. The third kappa shape index (κ3) is 5.59. The van der Waals surface area contributed by atoms with Crippen LogP contribution < -0.4 is 20.9 Å². The van der Waals surface area contributed by atoms with Crippen LogP contribution in [0.25, 0.3) is 0 Å². The Bertz CT molecular complexity index is 855. The lowest BCUT2D eigenvalue weighted by Crippen LogP contribution is -2.41. The van der Waals surface area contributed by atoms with Crippen molar-refractivity contribution in [3.63, 3.8) is 0 Å². The molecule has 0 unspecified atom stereocenters. The van der Waals surface area contributed by atoms with Crippen molar-refractivity contribution in [2.75, 3.05) is 41.7 Å². The van der Waals surface area contributed by atoms with E-state index in [-0.39, 0.29) is 23.9 Å². The van der Waals surface area contributed by atoms with Crippen molar-refractivity contribution in [1.29, 1.82) is 0 Å².